The van der Waals surface area contributed by atoms with E-state index in [9.17, 15) is 4.79 Å². The highest BCUT2D eigenvalue weighted by Gasteiger charge is 2.29. The van der Waals surface area contributed by atoms with Crippen LogP contribution in [0.4, 0.5) is 0 Å². The fourth-order valence-electron chi connectivity index (χ4n) is 2.55. The van der Waals surface area contributed by atoms with Gasteiger partial charge >= 0.3 is 5.97 Å². The van der Waals surface area contributed by atoms with Crippen LogP contribution >= 0.6 is 0 Å². The summed E-state index contributed by atoms with van der Waals surface area (Å²) in [5.41, 5.74) is 0. The van der Waals surface area contributed by atoms with Crippen LogP contribution in [-0.4, -0.2) is 59.6 Å². The molecule has 2 saturated heterocycles. The van der Waals surface area contributed by atoms with Gasteiger partial charge in [0.05, 0.1) is 6.54 Å². The lowest BCUT2D eigenvalue weighted by molar-refractivity contribution is -0.138. The topological polar surface area (TPSA) is 78.8 Å². The van der Waals surface area contributed by atoms with Gasteiger partial charge in [-0.3, -0.25) is 14.6 Å². The van der Waals surface area contributed by atoms with E-state index < -0.39 is 5.97 Å². The summed E-state index contributed by atoms with van der Waals surface area (Å²) in [6.07, 6.45) is 3.78. The van der Waals surface area contributed by atoms with Gasteiger partial charge in [0, 0.05) is 19.1 Å². The lowest BCUT2D eigenvalue weighted by atomic mass is 10.2. The van der Waals surface area contributed by atoms with E-state index in [1.807, 2.05) is 4.90 Å². The largest absolute Gasteiger partial charge is 0.480 e. The molecule has 5 heteroatoms. The maximum atomic E-state index is 10.5. The van der Waals surface area contributed by atoms with Gasteiger partial charge in [0.1, 0.15) is 0 Å². The molecule has 2 aliphatic heterocycles. The minimum atomic E-state index is -0.702. The van der Waals surface area contributed by atoms with E-state index in [4.69, 9.17) is 5.11 Å². The maximum Gasteiger partial charge on any atom is 0.317 e. The van der Waals surface area contributed by atoms with Crippen LogP contribution in [0.25, 0.3) is 0 Å². The fraction of sp³-hybridized carbons (Fsp3) is 0.900. The monoisotopic (exact) mass is 215 g/mol. The van der Waals surface area contributed by atoms with E-state index in [1.54, 1.807) is 0 Å². The molecule has 0 saturated carbocycles. The van der Waals surface area contributed by atoms with Crippen LogP contribution in [0.2, 0.25) is 0 Å². The summed E-state index contributed by atoms with van der Waals surface area (Å²) in [4.78, 5) is 15.1. The van der Waals surface area contributed by atoms with Gasteiger partial charge in [-0.15, -0.1) is 0 Å². The molecule has 15 heavy (non-hydrogen) atoms. The highest BCUT2D eigenvalue weighted by atomic mass is 16.4. The van der Waals surface area contributed by atoms with Crippen molar-refractivity contribution in [3.63, 3.8) is 0 Å². The third kappa shape index (κ3) is 3.15. The second kappa shape index (κ2) is 5.44. The average Bonchev–Trinajstić information content (AvgIpc) is 2.69. The van der Waals surface area contributed by atoms with E-state index in [1.165, 1.54) is 25.9 Å². The van der Waals surface area contributed by atoms with Crippen LogP contribution in [0.3, 0.4) is 0 Å². The van der Waals surface area contributed by atoms with Gasteiger partial charge in [0.2, 0.25) is 0 Å². The molecule has 2 heterocycles. The molecule has 1 unspecified atom stereocenters. The van der Waals surface area contributed by atoms with Crippen LogP contribution in [-0.2, 0) is 4.79 Å². The Bertz CT molecular complexity index is 217. The van der Waals surface area contributed by atoms with Crippen LogP contribution in [0.15, 0.2) is 0 Å². The Labute approximate surface area is 90.6 Å². The van der Waals surface area contributed by atoms with Gasteiger partial charge in [-0.25, -0.2) is 0 Å². The van der Waals surface area contributed by atoms with Crippen LogP contribution < -0.4 is 6.15 Å². The second-order valence-corrected chi connectivity index (χ2v) is 4.31. The van der Waals surface area contributed by atoms with Crippen molar-refractivity contribution < 1.29 is 9.90 Å². The minimum Gasteiger partial charge on any atom is -0.480 e. The Kier molecular flexibility index (Phi) is 4.50. The quantitative estimate of drug-likeness (QED) is 0.712. The van der Waals surface area contributed by atoms with Crippen molar-refractivity contribution in [2.75, 3.05) is 32.7 Å². The first-order valence-corrected chi connectivity index (χ1v) is 5.44. The molecule has 2 aliphatic rings. The molecule has 2 rings (SSSR count). The van der Waals surface area contributed by atoms with Crippen molar-refractivity contribution in [3.8, 4) is 0 Å². The molecule has 1 atom stereocenters. The van der Waals surface area contributed by atoms with Gasteiger partial charge in [-0.2, -0.15) is 0 Å². The number of carboxylic acid groups (broad SMARTS) is 1. The predicted octanol–water partition coefficient (Wildman–Crippen LogP) is 0.403. The average molecular weight is 215 g/mol. The molecule has 4 N–H and O–H groups in total. The molecule has 0 spiro atoms. The van der Waals surface area contributed by atoms with Crippen molar-refractivity contribution in [2.45, 2.75) is 25.3 Å². The van der Waals surface area contributed by atoms with E-state index >= 15 is 0 Å². The van der Waals surface area contributed by atoms with E-state index in [0.29, 0.717) is 6.04 Å². The first-order chi connectivity index (χ1) is 6.75. The number of aliphatic carboxylic acids is 1. The molecule has 0 aromatic rings. The number of hydrogen-bond acceptors (Lipinski definition) is 4. The second-order valence-electron chi connectivity index (χ2n) is 4.31. The third-order valence-electron chi connectivity index (χ3n) is 3.26. The summed E-state index contributed by atoms with van der Waals surface area (Å²) in [5.74, 6) is -0.702. The summed E-state index contributed by atoms with van der Waals surface area (Å²) in [7, 11) is 0. The third-order valence-corrected chi connectivity index (χ3v) is 3.26. The van der Waals surface area contributed by atoms with E-state index in [0.717, 1.165) is 19.5 Å². The Balaban J connectivity index is 0.00000112. The summed E-state index contributed by atoms with van der Waals surface area (Å²) in [5, 5.41) is 8.67. The van der Waals surface area contributed by atoms with Gasteiger partial charge in [0.25, 0.3) is 0 Å². The minimum absolute atomic E-state index is 0. The number of hydrogen-bond donors (Lipinski definition) is 2. The highest BCUT2D eigenvalue weighted by Crippen LogP contribution is 2.19. The van der Waals surface area contributed by atoms with E-state index in [2.05, 4.69) is 4.90 Å². The van der Waals surface area contributed by atoms with Crippen molar-refractivity contribution in [1.29, 1.82) is 0 Å². The van der Waals surface area contributed by atoms with Crippen molar-refractivity contribution in [2.24, 2.45) is 0 Å². The molecule has 0 bridgehead atoms. The Morgan fingerprint density at radius 3 is 2.53 bits per heavy atom. The van der Waals surface area contributed by atoms with Crippen molar-refractivity contribution >= 4 is 5.97 Å². The van der Waals surface area contributed by atoms with Gasteiger partial charge in [-0.1, -0.05) is 0 Å². The fourth-order valence-corrected chi connectivity index (χ4v) is 2.55. The molecule has 0 radical (unpaired) electrons. The summed E-state index contributed by atoms with van der Waals surface area (Å²) in [6, 6.07) is 0.622. The number of likely N-dealkylation sites (tertiary alicyclic amines) is 2. The molecule has 0 amide bonds. The molecular formula is C10H21N3O2. The Morgan fingerprint density at radius 2 is 1.93 bits per heavy atom. The SMILES string of the molecule is N.O=C(O)CN1CCC(N2CCCC2)C1. The summed E-state index contributed by atoms with van der Waals surface area (Å²) in [6.45, 7) is 4.54. The van der Waals surface area contributed by atoms with Crippen molar-refractivity contribution in [1.82, 2.24) is 16.0 Å². The van der Waals surface area contributed by atoms with E-state index in [-0.39, 0.29) is 12.7 Å². The number of carboxylic acids is 1. The summed E-state index contributed by atoms with van der Waals surface area (Å²) >= 11 is 0. The molecule has 0 aromatic carbocycles. The van der Waals surface area contributed by atoms with Gasteiger partial charge in [-0.05, 0) is 32.4 Å². The number of nitrogens with zero attached hydrogens (tertiary/aromatic N) is 2. The zero-order chi connectivity index (χ0) is 9.97. The molecule has 0 aromatic heterocycles. The Morgan fingerprint density at radius 1 is 1.27 bits per heavy atom. The van der Waals surface area contributed by atoms with Crippen molar-refractivity contribution in [3.05, 3.63) is 0 Å². The van der Waals surface area contributed by atoms with Crippen LogP contribution in [0.5, 0.6) is 0 Å². The Hall–Kier alpha value is -0.650. The molecule has 0 aliphatic carbocycles. The van der Waals surface area contributed by atoms with Crippen LogP contribution in [0.1, 0.15) is 19.3 Å². The zero-order valence-electron chi connectivity index (χ0n) is 9.19. The summed E-state index contributed by atoms with van der Waals surface area (Å²) < 4.78 is 0. The lowest BCUT2D eigenvalue weighted by Gasteiger charge is -2.23. The number of rotatable bonds is 3. The molecule has 5 nitrogen and oxygen atoms in total. The predicted molar refractivity (Wildman–Crippen MR) is 58.3 cm³/mol. The maximum absolute atomic E-state index is 10.5. The molecule has 2 fully saturated rings. The highest BCUT2D eigenvalue weighted by molar-refractivity contribution is 5.69. The molecule has 88 valence electrons. The van der Waals surface area contributed by atoms with Gasteiger partial charge < -0.3 is 11.3 Å². The first kappa shape index (κ1) is 12.4. The lowest BCUT2D eigenvalue weighted by Crippen LogP contribution is -2.36. The van der Waals surface area contributed by atoms with Crippen LogP contribution in [0, 0.1) is 0 Å². The molecular weight excluding hydrogens is 194 g/mol. The smallest absolute Gasteiger partial charge is 0.317 e. The van der Waals surface area contributed by atoms with Gasteiger partial charge in [0.15, 0.2) is 0 Å². The number of carbonyl (C=O) groups is 1. The standard InChI is InChI=1S/C10H18N2O2.H3N/c13-10(14)8-11-6-3-9(7-11)12-4-1-2-5-12;/h9H,1-8H2,(H,13,14);1H3. The normalized spacial score (nSPS) is 27.9. The zero-order valence-corrected chi connectivity index (χ0v) is 9.19. The first-order valence-electron chi connectivity index (χ1n) is 5.44.